The van der Waals surface area contributed by atoms with Gasteiger partial charge in [-0.3, -0.25) is 0 Å². The van der Waals surface area contributed by atoms with Crippen LogP contribution in [0.4, 0.5) is 0 Å². The average Bonchev–Trinajstić information content (AvgIpc) is 2.52. The van der Waals surface area contributed by atoms with Crippen LogP contribution in [0, 0.1) is 0 Å². The number of hydrogen-bond donors (Lipinski definition) is 2. The molecule has 0 saturated carbocycles. The Morgan fingerprint density at radius 3 is 2.77 bits per heavy atom. The van der Waals surface area contributed by atoms with E-state index in [1.165, 1.54) is 0 Å². The normalized spacial score (nSPS) is 27.8. The summed E-state index contributed by atoms with van der Waals surface area (Å²) in [5.74, 6) is 0. The number of nitrogens with one attached hydrogen (secondary N) is 1. The third kappa shape index (κ3) is 1.77. The summed E-state index contributed by atoms with van der Waals surface area (Å²) < 4.78 is 1.06. The van der Waals surface area contributed by atoms with E-state index >= 15 is 0 Å². The summed E-state index contributed by atoms with van der Waals surface area (Å²) in [6.07, 6.45) is 0.588. The molecule has 1 fully saturated rings. The van der Waals surface area contributed by atoms with E-state index in [4.69, 9.17) is 0 Å². The van der Waals surface area contributed by atoms with Crippen molar-refractivity contribution in [3.63, 3.8) is 0 Å². The minimum atomic E-state index is -0.251. The standard InChI is InChI=1S/C10H12BrNO/c11-8-4-2-1-3-7(8)10-9(13)5-6-12-10/h1-4,9-10,12-13H,5-6H2/t9-,10-/m1/s1. The van der Waals surface area contributed by atoms with E-state index in [1.54, 1.807) is 0 Å². The molecule has 1 saturated heterocycles. The molecular weight excluding hydrogens is 230 g/mol. The van der Waals surface area contributed by atoms with E-state index in [-0.39, 0.29) is 12.1 Å². The Balaban J connectivity index is 2.29. The van der Waals surface area contributed by atoms with Crippen molar-refractivity contribution in [2.24, 2.45) is 0 Å². The van der Waals surface area contributed by atoms with Crippen molar-refractivity contribution in [1.29, 1.82) is 0 Å². The van der Waals surface area contributed by atoms with Gasteiger partial charge in [-0.05, 0) is 24.6 Å². The quantitative estimate of drug-likeness (QED) is 0.787. The molecule has 2 rings (SSSR count). The second-order valence-corrected chi connectivity index (χ2v) is 4.16. The number of hydrogen-bond acceptors (Lipinski definition) is 2. The molecule has 1 aromatic rings. The van der Waals surface area contributed by atoms with Crippen molar-refractivity contribution in [3.05, 3.63) is 34.3 Å². The fourth-order valence-corrected chi connectivity index (χ4v) is 2.27. The maximum Gasteiger partial charge on any atom is 0.0747 e. The predicted molar refractivity (Wildman–Crippen MR) is 55.5 cm³/mol. The average molecular weight is 242 g/mol. The molecule has 0 aromatic heterocycles. The molecule has 0 radical (unpaired) electrons. The summed E-state index contributed by atoms with van der Waals surface area (Å²) in [6.45, 7) is 0.896. The second-order valence-electron chi connectivity index (χ2n) is 3.31. The summed E-state index contributed by atoms with van der Waals surface area (Å²) in [5, 5.41) is 13.0. The van der Waals surface area contributed by atoms with Crippen molar-refractivity contribution < 1.29 is 5.11 Å². The molecular formula is C10H12BrNO. The van der Waals surface area contributed by atoms with E-state index in [1.807, 2.05) is 24.3 Å². The van der Waals surface area contributed by atoms with Crippen molar-refractivity contribution in [2.75, 3.05) is 6.54 Å². The summed E-state index contributed by atoms with van der Waals surface area (Å²) in [6, 6.07) is 8.11. The molecule has 70 valence electrons. The van der Waals surface area contributed by atoms with Crippen LogP contribution in [0.25, 0.3) is 0 Å². The minimum absolute atomic E-state index is 0.0931. The second kappa shape index (κ2) is 3.78. The zero-order valence-electron chi connectivity index (χ0n) is 7.20. The molecule has 0 spiro atoms. The van der Waals surface area contributed by atoms with Gasteiger partial charge in [0.2, 0.25) is 0 Å². The minimum Gasteiger partial charge on any atom is -0.391 e. The monoisotopic (exact) mass is 241 g/mol. The Labute approximate surface area is 86.1 Å². The highest BCUT2D eigenvalue weighted by atomic mass is 79.9. The van der Waals surface area contributed by atoms with Gasteiger partial charge < -0.3 is 10.4 Å². The fraction of sp³-hybridized carbons (Fsp3) is 0.400. The summed E-state index contributed by atoms with van der Waals surface area (Å²) >= 11 is 3.48. The first-order valence-corrected chi connectivity index (χ1v) is 5.24. The zero-order valence-corrected chi connectivity index (χ0v) is 8.79. The maximum atomic E-state index is 9.68. The van der Waals surface area contributed by atoms with Crippen molar-refractivity contribution in [3.8, 4) is 0 Å². The topological polar surface area (TPSA) is 32.3 Å². The SMILES string of the molecule is O[C@@H]1CCN[C@@H]1c1ccccc1Br. The third-order valence-electron chi connectivity index (χ3n) is 2.43. The molecule has 2 nitrogen and oxygen atoms in total. The molecule has 2 atom stereocenters. The van der Waals surface area contributed by atoms with Crippen molar-refractivity contribution >= 4 is 15.9 Å². The Hall–Kier alpha value is -0.380. The lowest BCUT2D eigenvalue weighted by molar-refractivity contribution is 0.160. The van der Waals surface area contributed by atoms with Crippen LogP contribution in [0.2, 0.25) is 0 Å². The lowest BCUT2D eigenvalue weighted by atomic mass is 10.0. The van der Waals surface area contributed by atoms with E-state index in [9.17, 15) is 5.11 Å². The van der Waals surface area contributed by atoms with E-state index in [0.717, 1.165) is 23.0 Å². The van der Waals surface area contributed by atoms with Crippen LogP contribution in [0.1, 0.15) is 18.0 Å². The van der Waals surface area contributed by atoms with Crippen molar-refractivity contribution in [2.45, 2.75) is 18.6 Å². The first-order chi connectivity index (χ1) is 6.29. The van der Waals surface area contributed by atoms with Crippen LogP contribution >= 0.6 is 15.9 Å². The third-order valence-corrected chi connectivity index (χ3v) is 3.15. The number of rotatable bonds is 1. The van der Waals surface area contributed by atoms with Gasteiger partial charge in [0.05, 0.1) is 12.1 Å². The van der Waals surface area contributed by atoms with Crippen molar-refractivity contribution in [1.82, 2.24) is 5.32 Å². The Bertz CT molecular complexity index is 303. The first kappa shape index (κ1) is 9.19. The van der Waals surface area contributed by atoms with Crippen LogP contribution < -0.4 is 5.32 Å². The van der Waals surface area contributed by atoms with Gasteiger partial charge in [-0.1, -0.05) is 34.1 Å². The number of halogens is 1. The molecule has 0 unspecified atom stereocenters. The lowest BCUT2D eigenvalue weighted by Crippen LogP contribution is -2.21. The number of aliphatic hydroxyl groups excluding tert-OH is 1. The van der Waals surface area contributed by atoms with Crippen LogP contribution in [0.5, 0.6) is 0 Å². The first-order valence-electron chi connectivity index (χ1n) is 4.45. The van der Waals surface area contributed by atoms with Gasteiger partial charge in [-0.2, -0.15) is 0 Å². The molecule has 13 heavy (non-hydrogen) atoms. The van der Waals surface area contributed by atoms with E-state index in [2.05, 4.69) is 21.2 Å². The van der Waals surface area contributed by atoms with Gasteiger partial charge in [0.15, 0.2) is 0 Å². The number of benzene rings is 1. The van der Waals surface area contributed by atoms with Gasteiger partial charge in [0.25, 0.3) is 0 Å². The molecule has 2 N–H and O–H groups in total. The number of aliphatic hydroxyl groups is 1. The van der Waals surface area contributed by atoms with E-state index in [0.29, 0.717) is 0 Å². The van der Waals surface area contributed by atoms with Gasteiger partial charge in [-0.15, -0.1) is 0 Å². The van der Waals surface area contributed by atoms with Crippen LogP contribution in [0.3, 0.4) is 0 Å². The molecule has 1 heterocycles. The zero-order chi connectivity index (χ0) is 9.26. The molecule has 1 aliphatic rings. The molecule has 3 heteroatoms. The van der Waals surface area contributed by atoms with Gasteiger partial charge >= 0.3 is 0 Å². The van der Waals surface area contributed by atoms with Crippen LogP contribution in [0.15, 0.2) is 28.7 Å². The molecule has 0 amide bonds. The smallest absolute Gasteiger partial charge is 0.0747 e. The van der Waals surface area contributed by atoms with Crippen LogP contribution in [-0.4, -0.2) is 17.8 Å². The highest BCUT2D eigenvalue weighted by Crippen LogP contribution is 2.29. The van der Waals surface area contributed by atoms with Crippen LogP contribution in [-0.2, 0) is 0 Å². The summed E-state index contributed by atoms with van der Waals surface area (Å²) in [7, 11) is 0. The summed E-state index contributed by atoms with van der Waals surface area (Å²) in [4.78, 5) is 0. The molecule has 0 aliphatic carbocycles. The molecule has 1 aliphatic heterocycles. The highest BCUT2D eigenvalue weighted by molar-refractivity contribution is 9.10. The Morgan fingerprint density at radius 2 is 2.15 bits per heavy atom. The Kier molecular flexibility index (Phi) is 2.67. The lowest BCUT2D eigenvalue weighted by Gasteiger charge is -2.16. The fourth-order valence-electron chi connectivity index (χ4n) is 1.73. The Morgan fingerprint density at radius 1 is 1.38 bits per heavy atom. The van der Waals surface area contributed by atoms with Gasteiger partial charge in [0, 0.05) is 4.47 Å². The van der Waals surface area contributed by atoms with Gasteiger partial charge in [-0.25, -0.2) is 0 Å². The highest BCUT2D eigenvalue weighted by Gasteiger charge is 2.27. The molecule has 1 aromatic carbocycles. The largest absolute Gasteiger partial charge is 0.391 e. The van der Waals surface area contributed by atoms with Gasteiger partial charge in [0.1, 0.15) is 0 Å². The van der Waals surface area contributed by atoms with E-state index < -0.39 is 0 Å². The summed E-state index contributed by atoms with van der Waals surface area (Å²) in [5.41, 5.74) is 1.15. The predicted octanol–water partition coefficient (Wildman–Crippen LogP) is 1.84. The molecule has 0 bridgehead atoms. The maximum absolute atomic E-state index is 9.68.